The van der Waals surface area contributed by atoms with Gasteiger partial charge in [-0.2, -0.15) is 0 Å². The number of rotatable bonds is 5. The van der Waals surface area contributed by atoms with Gasteiger partial charge in [0.1, 0.15) is 5.75 Å². The van der Waals surface area contributed by atoms with Crippen LogP contribution < -0.4 is 10.1 Å². The normalized spacial score (nSPS) is 17.1. The fourth-order valence-electron chi connectivity index (χ4n) is 2.43. The van der Waals surface area contributed by atoms with Crippen LogP contribution >= 0.6 is 0 Å². The van der Waals surface area contributed by atoms with Gasteiger partial charge in [-0.3, -0.25) is 0 Å². The van der Waals surface area contributed by atoms with Crippen LogP contribution in [0.4, 0.5) is 0 Å². The summed E-state index contributed by atoms with van der Waals surface area (Å²) in [6, 6.07) is 9.02. The summed E-state index contributed by atoms with van der Waals surface area (Å²) in [5, 5.41) is 3.44. The third kappa shape index (κ3) is 4.34. The Morgan fingerprint density at radius 1 is 1.22 bits per heavy atom. The fraction of sp³-hybridized carbons (Fsp3) is 0.625. The summed E-state index contributed by atoms with van der Waals surface area (Å²) in [6.45, 7) is 5.25. The molecule has 1 N–H and O–H groups in total. The van der Waals surface area contributed by atoms with Gasteiger partial charge in [0, 0.05) is 12.6 Å². The average Bonchev–Trinajstić information content (AvgIpc) is 2.38. The van der Waals surface area contributed by atoms with Crippen LogP contribution in [0.1, 0.15) is 51.5 Å². The molecule has 2 nitrogen and oxygen atoms in total. The lowest BCUT2D eigenvalue weighted by Gasteiger charge is -2.23. The summed E-state index contributed by atoms with van der Waals surface area (Å²) in [6.07, 6.45) is 6.88. The van der Waals surface area contributed by atoms with Crippen LogP contribution in [-0.2, 0) is 6.54 Å². The van der Waals surface area contributed by atoms with Crippen molar-refractivity contribution in [3.05, 3.63) is 29.8 Å². The molecule has 0 atom stereocenters. The standard InChI is InChI=1S/C16H25NO/c1-13(2)17-12-14-7-6-10-16(11-14)18-15-8-4-3-5-9-15/h6-7,10-11,13,15,17H,3-5,8-9,12H2,1-2H3. The van der Waals surface area contributed by atoms with E-state index < -0.39 is 0 Å². The zero-order chi connectivity index (χ0) is 12.8. The number of hydrogen-bond acceptors (Lipinski definition) is 2. The zero-order valence-corrected chi connectivity index (χ0v) is 11.6. The predicted octanol–water partition coefficient (Wildman–Crippen LogP) is 3.90. The molecule has 0 bridgehead atoms. The van der Waals surface area contributed by atoms with Crippen molar-refractivity contribution in [3.8, 4) is 5.75 Å². The maximum atomic E-state index is 6.07. The van der Waals surface area contributed by atoms with E-state index in [2.05, 4.69) is 43.4 Å². The van der Waals surface area contributed by atoms with Gasteiger partial charge < -0.3 is 10.1 Å². The first-order valence-corrected chi connectivity index (χ1v) is 7.23. The Kier molecular flexibility index (Phi) is 5.06. The van der Waals surface area contributed by atoms with Crippen LogP contribution in [0, 0.1) is 0 Å². The molecule has 18 heavy (non-hydrogen) atoms. The summed E-state index contributed by atoms with van der Waals surface area (Å²) >= 11 is 0. The molecule has 1 aromatic rings. The van der Waals surface area contributed by atoms with E-state index in [1.165, 1.54) is 37.7 Å². The zero-order valence-electron chi connectivity index (χ0n) is 11.6. The monoisotopic (exact) mass is 247 g/mol. The molecular weight excluding hydrogens is 222 g/mol. The van der Waals surface area contributed by atoms with E-state index in [1.807, 2.05) is 0 Å². The van der Waals surface area contributed by atoms with E-state index in [0.717, 1.165) is 12.3 Å². The van der Waals surface area contributed by atoms with Gasteiger partial charge in [-0.25, -0.2) is 0 Å². The minimum Gasteiger partial charge on any atom is -0.490 e. The highest BCUT2D eigenvalue weighted by molar-refractivity contribution is 5.28. The first-order chi connectivity index (χ1) is 8.74. The first kappa shape index (κ1) is 13.4. The van der Waals surface area contributed by atoms with Gasteiger partial charge in [-0.15, -0.1) is 0 Å². The second-order valence-electron chi connectivity index (χ2n) is 5.56. The molecule has 1 fully saturated rings. The third-order valence-corrected chi connectivity index (χ3v) is 3.47. The molecule has 0 spiro atoms. The molecule has 0 radical (unpaired) electrons. The van der Waals surface area contributed by atoms with Crippen molar-refractivity contribution in [2.24, 2.45) is 0 Å². The molecule has 2 rings (SSSR count). The van der Waals surface area contributed by atoms with Gasteiger partial charge in [0.15, 0.2) is 0 Å². The van der Waals surface area contributed by atoms with Gasteiger partial charge >= 0.3 is 0 Å². The van der Waals surface area contributed by atoms with Gasteiger partial charge in [-0.05, 0) is 43.4 Å². The van der Waals surface area contributed by atoms with E-state index in [0.29, 0.717) is 12.1 Å². The van der Waals surface area contributed by atoms with Crippen LogP contribution in [0.15, 0.2) is 24.3 Å². The molecule has 0 amide bonds. The van der Waals surface area contributed by atoms with Crippen LogP contribution in [0.3, 0.4) is 0 Å². The Balaban J connectivity index is 1.89. The van der Waals surface area contributed by atoms with Crippen LogP contribution in [-0.4, -0.2) is 12.1 Å². The Morgan fingerprint density at radius 2 is 2.00 bits per heavy atom. The minimum absolute atomic E-state index is 0.437. The highest BCUT2D eigenvalue weighted by atomic mass is 16.5. The molecule has 0 unspecified atom stereocenters. The lowest BCUT2D eigenvalue weighted by molar-refractivity contribution is 0.155. The predicted molar refractivity (Wildman–Crippen MR) is 75.9 cm³/mol. The number of ether oxygens (including phenoxy) is 1. The summed E-state index contributed by atoms with van der Waals surface area (Å²) in [7, 11) is 0. The van der Waals surface area contributed by atoms with Crippen molar-refractivity contribution in [1.29, 1.82) is 0 Å². The van der Waals surface area contributed by atoms with E-state index in [9.17, 15) is 0 Å². The topological polar surface area (TPSA) is 21.3 Å². The summed E-state index contributed by atoms with van der Waals surface area (Å²) in [4.78, 5) is 0. The molecule has 1 aliphatic carbocycles. The Hall–Kier alpha value is -1.02. The molecule has 0 saturated heterocycles. The third-order valence-electron chi connectivity index (χ3n) is 3.47. The molecule has 1 aromatic carbocycles. The first-order valence-electron chi connectivity index (χ1n) is 7.23. The molecule has 1 aliphatic rings. The Labute approximate surface area is 111 Å². The smallest absolute Gasteiger partial charge is 0.120 e. The molecule has 100 valence electrons. The minimum atomic E-state index is 0.437. The molecule has 0 aliphatic heterocycles. The highest BCUT2D eigenvalue weighted by Gasteiger charge is 2.14. The summed E-state index contributed by atoms with van der Waals surface area (Å²) in [5.41, 5.74) is 1.30. The van der Waals surface area contributed by atoms with E-state index in [1.54, 1.807) is 0 Å². The Morgan fingerprint density at radius 3 is 2.72 bits per heavy atom. The molecule has 0 heterocycles. The molecule has 1 saturated carbocycles. The molecule has 2 heteroatoms. The lowest BCUT2D eigenvalue weighted by Crippen LogP contribution is -2.22. The second kappa shape index (κ2) is 6.79. The maximum Gasteiger partial charge on any atom is 0.120 e. The number of benzene rings is 1. The number of nitrogens with one attached hydrogen (secondary N) is 1. The highest BCUT2D eigenvalue weighted by Crippen LogP contribution is 2.23. The van der Waals surface area contributed by atoms with E-state index >= 15 is 0 Å². The van der Waals surface area contributed by atoms with E-state index in [4.69, 9.17) is 4.74 Å². The lowest BCUT2D eigenvalue weighted by atomic mass is 9.98. The van der Waals surface area contributed by atoms with Gasteiger partial charge in [0.05, 0.1) is 6.10 Å². The van der Waals surface area contributed by atoms with Crippen LogP contribution in [0.5, 0.6) is 5.75 Å². The van der Waals surface area contributed by atoms with E-state index in [-0.39, 0.29) is 0 Å². The van der Waals surface area contributed by atoms with Crippen LogP contribution in [0.25, 0.3) is 0 Å². The second-order valence-corrected chi connectivity index (χ2v) is 5.56. The van der Waals surface area contributed by atoms with Crippen LogP contribution in [0.2, 0.25) is 0 Å². The van der Waals surface area contributed by atoms with Crippen molar-refractivity contribution in [1.82, 2.24) is 5.32 Å². The quantitative estimate of drug-likeness (QED) is 0.852. The van der Waals surface area contributed by atoms with Gasteiger partial charge in [0.25, 0.3) is 0 Å². The van der Waals surface area contributed by atoms with Gasteiger partial charge in [0.2, 0.25) is 0 Å². The largest absolute Gasteiger partial charge is 0.490 e. The fourth-order valence-corrected chi connectivity index (χ4v) is 2.43. The van der Waals surface area contributed by atoms with Crippen molar-refractivity contribution in [2.75, 3.05) is 0 Å². The van der Waals surface area contributed by atoms with Crippen molar-refractivity contribution in [2.45, 2.75) is 64.6 Å². The SMILES string of the molecule is CC(C)NCc1cccc(OC2CCCCC2)c1. The summed E-state index contributed by atoms with van der Waals surface area (Å²) in [5.74, 6) is 1.03. The van der Waals surface area contributed by atoms with Gasteiger partial charge in [-0.1, -0.05) is 32.4 Å². The van der Waals surface area contributed by atoms with Crippen molar-refractivity contribution < 1.29 is 4.74 Å². The average molecular weight is 247 g/mol. The molecular formula is C16H25NO. The Bertz CT molecular complexity index is 356. The van der Waals surface area contributed by atoms with Crippen molar-refractivity contribution in [3.63, 3.8) is 0 Å². The number of hydrogen-bond donors (Lipinski definition) is 1. The van der Waals surface area contributed by atoms with Crippen molar-refractivity contribution >= 4 is 0 Å². The summed E-state index contributed by atoms with van der Waals surface area (Å²) < 4.78 is 6.07. The molecule has 0 aromatic heterocycles. The maximum absolute atomic E-state index is 6.07.